The zero-order valence-electron chi connectivity index (χ0n) is 14.4. The number of rotatable bonds is 3. The van der Waals surface area contributed by atoms with Crippen molar-refractivity contribution in [1.29, 1.82) is 0 Å². The zero-order chi connectivity index (χ0) is 18.4. The highest BCUT2D eigenvalue weighted by atomic mass is 35.5. The van der Waals surface area contributed by atoms with E-state index in [0.29, 0.717) is 16.9 Å². The molecular formula is C17H19ClN2O5. The molecule has 1 amide bonds. The first-order chi connectivity index (χ1) is 11.7. The minimum Gasteiger partial charge on any atom is -0.465 e. The van der Waals surface area contributed by atoms with Crippen LogP contribution in [0.2, 0.25) is 5.02 Å². The van der Waals surface area contributed by atoms with Gasteiger partial charge in [-0.2, -0.15) is 0 Å². The lowest BCUT2D eigenvalue weighted by molar-refractivity contribution is 0.0602. The second-order valence-corrected chi connectivity index (χ2v) is 7.33. The summed E-state index contributed by atoms with van der Waals surface area (Å²) in [5.41, 5.74) is 0.601. The molecule has 1 aromatic carbocycles. The Morgan fingerprint density at radius 1 is 1.36 bits per heavy atom. The number of esters is 1. The lowest BCUT2D eigenvalue weighted by Gasteiger charge is -2.20. The molecule has 1 heterocycles. The summed E-state index contributed by atoms with van der Waals surface area (Å²) in [7, 11) is 1.23. The molecule has 1 aliphatic rings. The van der Waals surface area contributed by atoms with Crippen molar-refractivity contribution in [3.8, 4) is 0 Å². The van der Waals surface area contributed by atoms with Crippen LogP contribution in [0, 0.1) is 0 Å². The molecule has 1 saturated carbocycles. The molecule has 1 fully saturated rings. The summed E-state index contributed by atoms with van der Waals surface area (Å²) in [5, 5.41) is 7.37. The van der Waals surface area contributed by atoms with Crippen LogP contribution in [0.15, 0.2) is 10.6 Å². The maximum atomic E-state index is 12.2. The molecule has 8 heteroatoms. The van der Waals surface area contributed by atoms with Crippen molar-refractivity contribution < 1.29 is 23.6 Å². The molecule has 25 heavy (non-hydrogen) atoms. The number of ether oxygens (including phenoxy) is 2. The van der Waals surface area contributed by atoms with Gasteiger partial charge in [0.05, 0.1) is 18.5 Å². The van der Waals surface area contributed by atoms with Gasteiger partial charge in [0, 0.05) is 11.3 Å². The number of amides is 1. The molecule has 7 nitrogen and oxygen atoms in total. The Balaban J connectivity index is 2.08. The largest absolute Gasteiger partial charge is 0.465 e. The fourth-order valence-corrected chi connectivity index (χ4v) is 2.84. The second kappa shape index (κ2) is 6.22. The summed E-state index contributed by atoms with van der Waals surface area (Å²) in [5.74, 6) is -0.377. The van der Waals surface area contributed by atoms with E-state index in [-0.39, 0.29) is 16.3 Å². The smallest absolute Gasteiger partial charge is 0.412 e. The minimum atomic E-state index is -0.697. The Kier molecular flexibility index (Phi) is 4.36. The van der Waals surface area contributed by atoms with Crippen molar-refractivity contribution >= 4 is 40.3 Å². The molecule has 0 radical (unpaired) electrons. The number of hydrogen-bond donors (Lipinski definition) is 1. The van der Waals surface area contributed by atoms with E-state index in [0.717, 1.165) is 18.5 Å². The quantitative estimate of drug-likeness (QED) is 0.804. The van der Waals surface area contributed by atoms with Crippen molar-refractivity contribution in [1.82, 2.24) is 5.16 Å². The maximum Gasteiger partial charge on any atom is 0.412 e. The van der Waals surface area contributed by atoms with Gasteiger partial charge in [0.25, 0.3) is 0 Å². The molecule has 0 atom stereocenters. The van der Waals surface area contributed by atoms with Crippen LogP contribution in [0.5, 0.6) is 0 Å². The number of aromatic nitrogens is 1. The Morgan fingerprint density at radius 2 is 2.04 bits per heavy atom. The summed E-state index contributed by atoms with van der Waals surface area (Å²) in [6.45, 7) is 5.24. The third kappa shape index (κ3) is 3.56. The van der Waals surface area contributed by atoms with E-state index in [1.165, 1.54) is 7.11 Å². The van der Waals surface area contributed by atoms with Gasteiger partial charge in [0.15, 0.2) is 5.58 Å². The van der Waals surface area contributed by atoms with Crippen LogP contribution in [0.3, 0.4) is 0 Å². The standard InChI is InChI=1S/C17H19ClN2O5/c1-17(2,3)24-16(22)19-10-7-9-13(8-5-6-8)20-25-14(9)12(18)11(10)15(21)23-4/h7-8H,5-6H2,1-4H3,(H,19,22). The summed E-state index contributed by atoms with van der Waals surface area (Å²) in [6, 6.07) is 1.63. The monoisotopic (exact) mass is 366 g/mol. The van der Waals surface area contributed by atoms with E-state index in [1.54, 1.807) is 26.8 Å². The van der Waals surface area contributed by atoms with Gasteiger partial charge in [-0.15, -0.1) is 0 Å². The summed E-state index contributed by atoms with van der Waals surface area (Å²) in [6.07, 6.45) is 1.34. The van der Waals surface area contributed by atoms with Gasteiger partial charge >= 0.3 is 12.1 Å². The van der Waals surface area contributed by atoms with E-state index >= 15 is 0 Å². The predicted molar refractivity (Wildman–Crippen MR) is 92.2 cm³/mol. The van der Waals surface area contributed by atoms with Gasteiger partial charge in [-0.1, -0.05) is 16.8 Å². The van der Waals surface area contributed by atoms with E-state index in [2.05, 4.69) is 10.5 Å². The van der Waals surface area contributed by atoms with Gasteiger partial charge in [0.2, 0.25) is 0 Å². The van der Waals surface area contributed by atoms with Gasteiger partial charge in [-0.25, -0.2) is 9.59 Å². The van der Waals surface area contributed by atoms with Crippen LogP contribution < -0.4 is 5.32 Å². The molecule has 1 aromatic heterocycles. The van der Waals surface area contributed by atoms with Crippen LogP contribution >= 0.6 is 11.6 Å². The SMILES string of the molecule is COC(=O)c1c(NC(=O)OC(C)(C)C)cc2c(C3CC3)noc2c1Cl. The molecule has 0 saturated heterocycles. The number of methoxy groups -OCH3 is 1. The number of fused-ring (bicyclic) bond motifs is 1. The summed E-state index contributed by atoms with van der Waals surface area (Å²) in [4.78, 5) is 24.3. The number of hydrogen-bond acceptors (Lipinski definition) is 6. The van der Waals surface area contributed by atoms with Crippen LogP contribution in [0.1, 0.15) is 55.6 Å². The number of carbonyl (C=O) groups excluding carboxylic acids is 2. The Hall–Kier alpha value is -2.28. The van der Waals surface area contributed by atoms with Gasteiger partial charge in [-0.05, 0) is 39.7 Å². The molecule has 1 aliphatic carbocycles. The van der Waals surface area contributed by atoms with Crippen LogP contribution in [0.25, 0.3) is 11.0 Å². The lowest BCUT2D eigenvalue weighted by Crippen LogP contribution is -2.27. The molecular weight excluding hydrogens is 348 g/mol. The maximum absolute atomic E-state index is 12.2. The van der Waals surface area contributed by atoms with Crippen molar-refractivity contribution in [3.63, 3.8) is 0 Å². The number of nitrogens with one attached hydrogen (secondary N) is 1. The van der Waals surface area contributed by atoms with E-state index < -0.39 is 17.7 Å². The number of carbonyl (C=O) groups is 2. The minimum absolute atomic E-state index is 0.000947. The molecule has 0 aliphatic heterocycles. The highest BCUT2D eigenvalue weighted by molar-refractivity contribution is 6.39. The first-order valence-corrected chi connectivity index (χ1v) is 8.29. The van der Waals surface area contributed by atoms with Crippen molar-refractivity contribution in [3.05, 3.63) is 22.3 Å². The molecule has 0 bridgehead atoms. The van der Waals surface area contributed by atoms with Crippen molar-refractivity contribution in [2.45, 2.75) is 45.1 Å². The van der Waals surface area contributed by atoms with Gasteiger partial charge < -0.3 is 14.0 Å². The molecule has 2 aromatic rings. The van der Waals surface area contributed by atoms with E-state index in [1.807, 2.05) is 0 Å². The first-order valence-electron chi connectivity index (χ1n) is 7.91. The highest BCUT2D eigenvalue weighted by Gasteiger charge is 2.32. The van der Waals surface area contributed by atoms with Crippen LogP contribution in [-0.4, -0.2) is 29.9 Å². The average Bonchev–Trinajstić information content (AvgIpc) is 3.25. The van der Waals surface area contributed by atoms with Crippen LogP contribution in [-0.2, 0) is 9.47 Å². The Labute approximate surface area is 149 Å². The van der Waals surface area contributed by atoms with Gasteiger partial charge in [0.1, 0.15) is 16.2 Å². The fraction of sp³-hybridized carbons (Fsp3) is 0.471. The van der Waals surface area contributed by atoms with E-state index in [4.69, 9.17) is 25.6 Å². The molecule has 3 rings (SSSR count). The Bertz CT molecular complexity index is 849. The zero-order valence-corrected chi connectivity index (χ0v) is 15.2. The molecule has 134 valence electrons. The number of benzene rings is 1. The number of nitrogens with zero attached hydrogens (tertiary/aromatic N) is 1. The summed E-state index contributed by atoms with van der Waals surface area (Å²) < 4.78 is 15.4. The highest BCUT2D eigenvalue weighted by Crippen LogP contribution is 2.45. The molecule has 0 unspecified atom stereocenters. The lowest BCUT2D eigenvalue weighted by atomic mass is 10.1. The fourth-order valence-electron chi connectivity index (χ4n) is 2.52. The van der Waals surface area contributed by atoms with Crippen molar-refractivity contribution in [2.24, 2.45) is 0 Å². The average molecular weight is 367 g/mol. The third-order valence-electron chi connectivity index (χ3n) is 3.72. The summed E-state index contributed by atoms with van der Waals surface area (Å²) >= 11 is 6.35. The van der Waals surface area contributed by atoms with Crippen molar-refractivity contribution in [2.75, 3.05) is 12.4 Å². The normalized spacial score (nSPS) is 14.4. The number of anilines is 1. The van der Waals surface area contributed by atoms with E-state index in [9.17, 15) is 9.59 Å². The third-order valence-corrected chi connectivity index (χ3v) is 4.08. The molecule has 1 N–H and O–H groups in total. The first kappa shape index (κ1) is 17.5. The van der Waals surface area contributed by atoms with Crippen LogP contribution in [0.4, 0.5) is 10.5 Å². The topological polar surface area (TPSA) is 90.7 Å². The predicted octanol–water partition coefficient (Wildman–Crippen LogP) is 4.49. The number of halogens is 1. The Morgan fingerprint density at radius 3 is 2.60 bits per heavy atom. The van der Waals surface area contributed by atoms with Gasteiger partial charge in [-0.3, -0.25) is 5.32 Å². The second-order valence-electron chi connectivity index (χ2n) is 6.95. The molecule has 0 spiro atoms.